The molecule has 2 aromatic carbocycles. The fourth-order valence-corrected chi connectivity index (χ4v) is 3.91. The van der Waals surface area contributed by atoms with Crippen molar-refractivity contribution in [2.75, 3.05) is 19.7 Å². The van der Waals surface area contributed by atoms with Crippen molar-refractivity contribution in [2.24, 2.45) is 0 Å². The molecule has 1 unspecified atom stereocenters. The first-order valence-corrected chi connectivity index (χ1v) is 9.40. The Morgan fingerprint density at radius 2 is 1.64 bits per heavy atom. The highest BCUT2D eigenvalue weighted by atomic mass is 16.5. The number of likely N-dealkylation sites (tertiary alicyclic amines) is 1. The maximum atomic E-state index is 12.4. The maximum absolute atomic E-state index is 12.4. The third kappa shape index (κ3) is 4.49. The van der Waals surface area contributed by atoms with Gasteiger partial charge in [-0.3, -0.25) is 0 Å². The van der Waals surface area contributed by atoms with Gasteiger partial charge in [0.1, 0.15) is 0 Å². The third-order valence-electron chi connectivity index (χ3n) is 5.17. The molecular weight excluding hydrogens is 310 g/mol. The van der Waals surface area contributed by atoms with E-state index in [9.17, 15) is 4.79 Å². The Hall–Kier alpha value is -2.13. The van der Waals surface area contributed by atoms with E-state index in [1.807, 2.05) is 6.92 Å². The van der Waals surface area contributed by atoms with Crippen molar-refractivity contribution in [3.05, 3.63) is 71.8 Å². The standard InChI is InChI=1S/C22H27NO2/c1-2-25-22(24)21-15-9-10-16-23(21)17-20(18-11-5-3-6-12-18)19-13-7-4-8-14-19/h3-8,11-14,20-21H,2,9-10,15-17H2,1H3/p+1/t21-/m1/s1. The van der Waals surface area contributed by atoms with Crippen LogP contribution in [0.4, 0.5) is 0 Å². The smallest absolute Gasteiger partial charge is 0.364 e. The van der Waals surface area contributed by atoms with E-state index in [1.165, 1.54) is 22.4 Å². The second kappa shape index (κ2) is 8.82. The number of quaternary nitrogens is 1. The van der Waals surface area contributed by atoms with Gasteiger partial charge in [0.2, 0.25) is 0 Å². The van der Waals surface area contributed by atoms with Gasteiger partial charge >= 0.3 is 5.97 Å². The summed E-state index contributed by atoms with van der Waals surface area (Å²) in [6.07, 6.45) is 3.24. The number of hydrogen-bond acceptors (Lipinski definition) is 2. The van der Waals surface area contributed by atoms with E-state index in [0.717, 1.165) is 25.9 Å². The summed E-state index contributed by atoms with van der Waals surface area (Å²) in [5, 5.41) is 0. The Morgan fingerprint density at radius 1 is 1.04 bits per heavy atom. The first-order chi connectivity index (χ1) is 12.3. The van der Waals surface area contributed by atoms with E-state index in [1.54, 1.807) is 0 Å². The molecule has 0 bridgehead atoms. The first-order valence-electron chi connectivity index (χ1n) is 9.40. The molecule has 1 fully saturated rings. The van der Waals surface area contributed by atoms with Gasteiger partial charge < -0.3 is 9.64 Å². The fraction of sp³-hybridized carbons (Fsp3) is 0.409. The van der Waals surface area contributed by atoms with E-state index in [4.69, 9.17) is 4.74 Å². The van der Waals surface area contributed by atoms with Crippen molar-refractivity contribution in [1.29, 1.82) is 0 Å². The van der Waals surface area contributed by atoms with Crippen LogP contribution in [0.1, 0.15) is 43.2 Å². The van der Waals surface area contributed by atoms with Crippen molar-refractivity contribution in [2.45, 2.75) is 38.1 Å². The molecule has 0 amide bonds. The molecule has 132 valence electrons. The molecule has 25 heavy (non-hydrogen) atoms. The van der Waals surface area contributed by atoms with Crippen LogP contribution in [-0.4, -0.2) is 31.7 Å². The van der Waals surface area contributed by atoms with Gasteiger partial charge in [-0.2, -0.15) is 0 Å². The first kappa shape index (κ1) is 17.7. The molecule has 3 rings (SSSR count). The van der Waals surface area contributed by atoms with Gasteiger partial charge in [0.05, 0.1) is 25.6 Å². The Balaban J connectivity index is 1.85. The number of ether oxygens (including phenoxy) is 1. The van der Waals surface area contributed by atoms with Crippen LogP contribution in [0.5, 0.6) is 0 Å². The number of esters is 1. The highest BCUT2D eigenvalue weighted by Crippen LogP contribution is 2.23. The van der Waals surface area contributed by atoms with E-state index >= 15 is 0 Å². The van der Waals surface area contributed by atoms with Crippen molar-refractivity contribution in [3.63, 3.8) is 0 Å². The fourth-order valence-electron chi connectivity index (χ4n) is 3.91. The van der Waals surface area contributed by atoms with Crippen LogP contribution in [0.2, 0.25) is 0 Å². The molecule has 1 N–H and O–H groups in total. The van der Waals surface area contributed by atoms with Gasteiger partial charge in [-0.1, -0.05) is 60.7 Å². The normalized spacial score (nSPS) is 20.4. The van der Waals surface area contributed by atoms with Crippen LogP contribution < -0.4 is 4.90 Å². The summed E-state index contributed by atoms with van der Waals surface area (Å²) < 4.78 is 5.34. The van der Waals surface area contributed by atoms with Crippen molar-refractivity contribution < 1.29 is 14.4 Å². The monoisotopic (exact) mass is 338 g/mol. The molecule has 1 heterocycles. The number of rotatable bonds is 6. The van der Waals surface area contributed by atoms with Crippen molar-refractivity contribution in [1.82, 2.24) is 0 Å². The van der Waals surface area contributed by atoms with E-state index < -0.39 is 0 Å². The third-order valence-corrected chi connectivity index (χ3v) is 5.17. The van der Waals surface area contributed by atoms with Crippen LogP contribution in [0.3, 0.4) is 0 Å². The molecule has 0 aliphatic carbocycles. The summed E-state index contributed by atoms with van der Waals surface area (Å²) in [5.74, 6) is 0.268. The van der Waals surface area contributed by atoms with Crippen molar-refractivity contribution in [3.8, 4) is 0 Å². The largest absolute Gasteiger partial charge is 0.462 e. The molecule has 3 heteroatoms. The van der Waals surface area contributed by atoms with Gasteiger partial charge in [-0.15, -0.1) is 0 Å². The number of carbonyl (C=O) groups is 1. The molecule has 2 aromatic rings. The molecule has 2 atom stereocenters. The summed E-state index contributed by atoms with van der Waals surface area (Å²) in [4.78, 5) is 13.8. The topological polar surface area (TPSA) is 30.7 Å². The van der Waals surface area contributed by atoms with Crippen LogP contribution in [-0.2, 0) is 9.53 Å². The predicted molar refractivity (Wildman–Crippen MR) is 99.7 cm³/mol. The molecular formula is C22H28NO2+. The lowest BCUT2D eigenvalue weighted by Gasteiger charge is -2.33. The maximum Gasteiger partial charge on any atom is 0.364 e. The summed E-state index contributed by atoms with van der Waals surface area (Å²) in [5.41, 5.74) is 2.63. The predicted octanol–water partition coefficient (Wildman–Crippen LogP) is 2.82. The van der Waals surface area contributed by atoms with Crippen molar-refractivity contribution >= 4 is 5.97 Å². The second-order valence-electron chi connectivity index (χ2n) is 6.79. The lowest BCUT2D eigenvalue weighted by Crippen LogP contribution is -3.18. The number of hydrogen-bond donors (Lipinski definition) is 1. The minimum absolute atomic E-state index is 0.0244. The zero-order chi connectivity index (χ0) is 17.5. The second-order valence-corrected chi connectivity index (χ2v) is 6.79. The zero-order valence-electron chi connectivity index (χ0n) is 15.0. The van der Waals surface area contributed by atoms with Crippen LogP contribution in [0, 0.1) is 0 Å². The average Bonchev–Trinajstić information content (AvgIpc) is 2.68. The zero-order valence-corrected chi connectivity index (χ0v) is 15.0. The average molecular weight is 338 g/mol. The molecule has 1 aliphatic heterocycles. The number of nitrogens with one attached hydrogen (secondary N) is 1. The molecule has 0 aromatic heterocycles. The van der Waals surface area contributed by atoms with E-state index in [-0.39, 0.29) is 12.0 Å². The van der Waals surface area contributed by atoms with Gasteiger partial charge in [-0.25, -0.2) is 4.79 Å². The number of carbonyl (C=O) groups excluding carboxylic acids is 1. The molecule has 0 spiro atoms. The number of benzene rings is 2. The van der Waals surface area contributed by atoms with Gasteiger partial charge in [-0.05, 0) is 30.9 Å². The van der Waals surface area contributed by atoms with Crippen LogP contribution in [0.15, 0.2) is 60.7 Å². The summed E-state index contributed by atoms with van der Waals surface area (Å²) in [6.45, 7) is 4.32. The molecule has 0 radical (unpaired) electrons. The Labute approximate surface area is 150 Å². The van der Waals surface area contributed by atoms with Gasteiger partial charge in [0.25, 0.3) is 0 Å². The summed E-state index contributed by atoms with van der Waals surface area (Å²) >= 11 is 0. The lowest BCUT2D eigenvalue weighted by atomic mass is 9.89. The van der Waals surface area contributed by atoms with E-state index in [2.05, 4.69) is 60.7 Å². The Bertz CT molecular complexity index is 617. The Morgan fingerprint density at radius 3 is 2.20 bits per heavy atom. The highest BCUT2D eigenvalue weighted by Gasteiger charge is 2.35. The molecule has 1 aliphatic rings. The number of piperidine rings is 1. The van der Waals surface area contributed by atoms with E-state index in [0.29, 0.717) is 12.5 Å². The SMILES string of the molecule is CCOC(=O)[C@H]1CCCC[NH+]1CC(c1ccccc1)c1ccccc1. The van der Waals surface area contributed by atoms with Gasteiger partial charge in [0, 0.05) is 6.42 Å². The van der Waals surface area contributed by atoms with Crippen LogP contribution in [0.25, 0.3) is 0 Å². The Kier molecular flexibility index (Phi) is 6.24. The molecule has 1 saturated heterocycles. The molecule has 3 nitrogen and oxygen atoms in total. The minimum atomic E-state index is -0.0305. The minimum Gasteiger partial charge on any atom is -0.462 e. The lowest BCUT2D eigenvalue weighted by molar-refractivity contribution is -0.922. The van der Waals surface area contributed by atoms with Crippen LogP contribution >= 0.6 is 0 Å². The van der Waals surface area contributed by atoms with Gasteiger partial charge in [0.15, 0.2) is 6.04 Å². The summed E-state index contributed by atoms with van der Waals surface area (Å²) in [7, 11) is 0. The highest BCUT2D eigenvalue weighted by molar-refractivity contribution is 5.74. The molecule has 0 saturated carbocycles. The summed E-state index contributed by atoms with van der Waals surface area (Å²) in [6, 6.07) is 21.3. The quantitative estimate of drug-likeness (QED) is 0.821.